The first-order chi connectivity index (χ1) is 4.42. The third-order valence-corrected chi connectivity index (χ3v) is 1.63. The number of hydrogen-bond donors (Lipinski definition) is 2. The summed E-state index contributed by atoms with van der Waals surface area (Å²) in [6, 6.07) is 0. The van der Waals surface area contributed by atoms with Gasteiger partial charge in [0.1, 0.15) is 0 Å². The number of amides is 1. The second-order valence-electron chi connectivity index (χ2n) is 1.86. The van der Waals surface area contributed by atoms with E-state index in [-0.39, 0.29) is 43.8 Å². The molecule has 0 fully saturated rings. The number of carbonyl (C=O) groups is 1. The molecule has 0 spiro atoms. The van der Waals surface area contributed by atoms with Crippen LogP contribution in [-0.4, -0.2) is 24.6 Å². The summed E-state index contributed by atoms with van der Waals surface area (Å²) < 4.78 is 28.2. The van der Waals surface area contributed by atoms with E-state index in [0.29, 0.717) is 0 Å². The molecule has 0 aliphatic rings. The average Bonchev–Trinajstić information content (AvgIpc) is 1.59. The van der Waals surface area contributed by atoms with Gasteiger partial charge < -0.3 is 7.16 Å². The van der Waals surface area contributed by atoms with E-state index < -0.39 is 21.8 Å². The molecule has 11 heavy (non-hydrogen) atoms. The van der Waals surface area contributed by atoms with Crippen LogP contribution in [0.3, 0.4) is 0 Å². The van der Waals surface area contributed by atoms with E-state index in [1.54, 1.807) is 0 Å². The maximum Gasteiger partial charge on any atom is 1.00 e. The number of rotatable bonds is 4. The van der Waals surface area contributed by atoms with Gasteiger partial charge in [-0.15, -0.1) is 0 Å². The van der Waals surface area contributed by atoms with Gasteiger partial charge in [-0.05, 0) is 6.42 Å². The van der Waals surface area contributed by atoms with Crippen molar-refractivity contribution in [2.75, 3.05) is 5.75 Å². The second-order valence-corrected chi connectivity index (χ2v) is 3.43. The molecule has 0 aromatic rings. The second kappa shape index (κ2) is 5.96. The SMILES string of the molecule is NC(=O)CCCS(=O)(=O)O.[H-].[Na+]. The summed E-state index contributed by atoms with van der Waals surface area (Å²) in [5.41, 5.74) is 4.71. The Morgan fingerprint density at radius 2 is 2.00 bits per heavy atom. The van der Waals surface area contributed by atoms with Crippen molar-refractivity contribution in [1.29, 1.82) is 0 Å². The summed E-state index contributed by atoms with van der Waals surface area (Å²) in [5.74, 6) is -0.973. The predicted molar refractivity (Wildman–Crippen MR) is 36.0 cm³/mol. The smallest absolute Gasteiger partial charge is 1.00 e. The molecule has 0 heterocycles. The molecular weight excluding hydrogens is 181 g/mol. The van der Waals surface area contributed by atoms with Crippen LogP contribution in [0.15, 0.2) is 0 Å². The number of primary amides is 1. The number of carbonyl (C=O) groups excluding carboxylic acids is 1. The maximum atomic E-state index is 10.0. The molecule has 3 N–H and O–H groups in total. The van der Waals surface area contributed by atoms with Crippen molar-refractivity contribution < 1.29 is 48.7 Å². The zero-order chi connectivity index (χ0) is 8.20. The molecule has 0 bridgehead atoms. The summed E-state index contributed by atoms with van der Waals surface area (Å²) in [5, 5.41) is 0. The molecule has 0 rings (SSSR count). The summed E-state index contributed by atoms with van der Waals surface area (Å²) >= 11 is 0. The molecule has 0 atom stereocenters. The van der Waals surface area contributed by atoms with Crippen LogP contribution in [-0.2, 0) is 14.9 Å². The predicted octanol–water partition coefficient (Wildman–Crippen LogP) is -3.74. The number of hydrogen-bond acceptors (Lipinski definition) is 3. The topological polar surface area (TPSA) is 97.5 Å². The Labute approximate surface area is 88.9 Å². The van der Waals surface area contributed by atoms with Crippen LogP contribution < -0.4 is 35.3 Å². The van der Waals surface area contributed by atoms with E-state index in [1.165, 1.54) is 0 Å². The van der Waals surface area contributed by atoms with Crippen LogP contribution in [0.25, 0.3) is 0 Å². The molecule has 0 saturated carbocycles. The van der Waals surface area contributed by atoms with Crippen molar-refractivity contribution in [3.63, 3.8) is 0 Å². The monoisotopic (exact) mass is 191 g/mol. The quantitative estimate of drug-likeness (QED) is 0.352. The van der Waals surface area contributed by atoms with Gasteiger partial charge in [-0.25, -0.2) is 0 Å². The van der Waals surface area contributed by atoms with E-state index in [2.05, 4.69) is 0 Å². The molecule has 0 unspecified atom stereocenters. The Bertz CT molecular complexity index is 217. The number of nitrogens with two attached hydrogens (primary N) is 1. The van der Waals surface area contributed by atoms with Crippen LogP contribution in [0.1, 0.15) is 14.3 Å². The van der Waals surface area contributed by atoms with Crippen LogP contribution >= 0.6 is 0 Å². The van der Waals surface area contributed by atoms with Gasteiger partial charge in [0.25, 0.3) is 10.1 Å². The van der Waals surface area contributed by atoms with Crippen LogP contribution in [0.5, 0.6) is 0 Å². The molecule has 0 saturated heterocycles. The standard InChI is InChI=1S/C4H9NO4S.Na.H/c5-4(6)2-1-3-10(7,8)9;;/h1-3H2,(H2,5,6)(H,7,8,9);;/q;+1;-1. The van der Waals surface area contributed by atoms with E-state index in [9.17, 15) is 13.2 Å². The Morgan fingerprint density at radius 3 is 2.27 bits per heavy atom. The molecule has 7 heteroatoms. The summed E-state index contributed by atoms with van der Waals surface area (Å²) in [7, 11) is -3.93. The first kappa shape index (κ1) is 13.9. The Morgan fingerprint density at radius 1 is 1.55 bits per heavy atom. The fourth-order valence-electron chi connectivity index (χ4n) is 0.429. The van der Waals surface area contributed by atoms with Gasteiger partial charge in [0.2, 0.25) is 5.91 Å². The Hall–Kier alpha value is 0.380. The summed E-state index contributed by atoms with van der Waals surface area (Å²) in [4.78, 5) is 10.0. The van der Waals surface area contributed by atoms with Gasteiger partial charge in [-0.3, -0.25) is 9.35 Å². The minimum atomic E-state index is -3.93. The molecule has 62 valence electrons. The Balaban J connectivity index is -0.000000405. The third kappa shape index (κ3) is 13.4. The molecule has 1 amide bonds. The minimum Gasteiger partial charge on any atom is -1.00 e. The van der Waals surface area contributed by atoms with Crippen molar-refractivity contribution in [3.05, 3.63) is 0 Å². The van der Waals surface area contributed by atoms with Crippen molar-refractivity contribution in [3.8, 4) is 0 Å². The molecule has 5 nitrogen and oxygen atoms in total. The van der Waals surface area contributed by atoms with Gasteiger partial charge in [0, 0.05) is 6.42 Å². The molecule has 0 radical (unpaired) electrons. The molecule has 0 aliphatic carbocycles. The zero-order valence-corrected chi connectivity index (χ0v) is 9.10. The third-order valence-electron chi connectivity index (χ3n) is 0.825. The van der Waals surface area contributed by atoms with Crippen LogP contribution in [0.2, 0.25) is 0 Å². The van der Waals surface area contributed by atoms with Crippen molar-refractivity contribution in [1.82, 2.24) is 0 Å². The van der Waals surface area contributed by atoms with Crippen LogP contribution in [0.4, 0.5) is 0 Å². The van der Waals surface area contributed by atoms with Gasteiger partial charge >= 0.3 is 29.6 Å². The molecular formula is C4H10NNaO4S. The minimum absolute atomic E-state index is 0. The molecule has 0 aromatic carbocycles. The van der Waals surface area contributed by atoms with E-state index >= 15 is 0 Å². The molecule has 0 aromatic heterocycles. The van der Waals surface area contributed by atoms with Crippen LogP contribution in [0, 0.1) is 0 Å². The largest absolute Gasteiger partial charge is 1.00 e. The van der Waals surface area contributed by atoms with E-state index in [1.807, 2.05) is 0 Å². The first-order valence-electron chi connectivity index (χ1n) is 2.65. The molecule has 0 aliphatic heterocycles. The fraction of sp³-hybridized carbons (Fsp3) is 0.750. The fourth-order valence-corrected chi connectivity index (χ4v) is 0.938. The van der Waals surface area contributed by atoms with Crippen molar-refractivity contribution in [2.45, 2.75) is 12.8 Å². The first-order valence-corrected chi connectivity index (χ1v) is 4.26. The van der Waals surface area contributed by atoms with Gasteiger partial charge in [-0.2, -0.15) is 8.42 Å². The van der Waals surface area contributed by atoms with E-state index in [4.69, 9.17) is 10.3 Å². The summed E-state index contributed by atoms with van der Waals surface area (Å²) in [6.07, 6.45) is 0.0634. The van der Waals surface area contributed by atoms with Crippen molar-refractivity contribution >= 4 is 16.0 Å². The zero-order valence-electron chi connectivity index (χ0n) is 7.28. The normalized spacial score (nSPS) is 10.3. The maximum absolute atomic E-state index is 10.0. The van der Waals surface area contributed by atoms with Gasteiger partial charge in [-0.1, -0.05) is 0 Å². The van der Waals surface area contributed by atoms with Gasteiger partial charge in [0.05, 0.1) is 5.75 Å². The van der Waals surface area contributed by atoms with E-state index in [0.717, 1.165) is 0 Å². The average molecular weight is 191 g/mol. The summed E-state index contributed by atoms with van der Waals surface area (Å²) in [6.45, 7) is 0. The van der Waals surface area contributed by atoms with Crippen molar-refractivity contribution in [2.24, 2.45) is 5.73 Å². The van der Waals surface area contributed by atoms with Gasteiger partial charge in [0.15, 0.2) is 0 Å². The Kier molecular flexibility index (Phi) is 7.55.